The van der Waals surface area contributed by atoms with Crippen LogP contribution < -0.4 is 10.6 Å². The number of piperazine rings is 1. The van der Waals surface area contributed by atoms with Gasteiger partial charge in [0.15, 0.2) is 0 Å². The topological polar surface area (TPSA) is 64.7 Å². The number of hydrogen-bond acceptors (Lipinski definition) is 4. The molecule has 0 aromatic heterocycles. The van der Waals surface area contributed by atoms with Gasteiger partial charge in [0.05, 0.1) is 18.6 Å². The number of alkyl halides is 2. The maximum Gasteiger partial charge on any atom is 0.262 e. The van der Waals surface area contributed by atoms with Crippen LogP contribution in [0.25, 0.3) is 0 Å². The van der Waals surface area contributed by atoms with Crippen LogP contribution in [0.4, 0.5) is 18.9 Å². The molecule has 0 bridgehead atoms. The molecule has 2 N–H and O–H groups in total. The van der Waals surface area contributed by atoms with E-state index in [1.807, 2.05) is 4.90 Å². The van der Waals surface area contributed by atoms with Crippen LogP contribution in [0.5, 0.6) is 0 Å². The first-order chi connectivity index (χ1) is 12.7. The van der Waals surface area contributed by atoms with Crippen LogP contribution in [0.15, 0.2) is 24.3 Å². The summed E-state index contributed by atoms with van der Waals surface area (Å²) in [6, 6.07) is 4.35. The number of nitrogens with zero attached hydrogens (tertiary/aromatic N) is 2. The monoisotopic (exact) mass is 456 g/mol. The fraction of sp³-hybridized carbons (Fsp3) is 0.556. The Labute approximate surface area is 180 Å². The number of benzene rings is 1. The molecule has 2 atom stereocenters. The average Bonchev–Trinajstić information content (AvgIpc) is 3.00. The zero-order valence-corrected chi connectivity index (χ0v) is 17.5. The van der Waals surface area contributed by atoms with Gasteiger partial charge in [-0.05, 0) is 25.1 Å². The number of carbonyl (C=O) groups excluding carboxylic acids is 2. The maximum absolute atomic E-state index is 13.3. The molecule has 6 nitrogen and oxygen atoms in total. The number of halogens is 5. The van der Waals surface area contributed by atoms with E-state index < -0.39 is 36.8 Å². The van der Waals surface area contributed by atoms with Gasteiger partial charge in [-0.25, -0.2) is 13.2 Å². The molecule has 1 aromatic carbocycles. The quantitative estimate of drug-likeness (QED) is 0.728. The second-order valence-corrected chi connectivity index (χ2v) is 7.03. The molecule has 164 valence electrons. The summed E-state index contributed by atoms with van der Waals surface area (Å²) in [5.41, 5.74) is 0.383. The van der Waals surface area contributed by atoms with Crippen LogP contribution in [0, 0.1) is 5.82 Å². The van der Waals surface area contributed by atoms with Crippen LogP contribution >= 0.6 is 24.8 Å². The fourth-order valence-corrected chi connectivity index (χ4v) is 3.42. The normalized spacial score (nSPS) is 22.2. The first-order valence-electron chi connectivity index (χ1n) is 8.96. The van der Waals surface area contributed by atoms with Crippen molar-refractivity contribution in [1.29, 1.82) is 0 Å². The van der Waals surface area contributed by atoms with Crippen LogP contribution in [-0.4, -0.2) is 72.3 Å². The third-order valence-corrected chi connectivity index (χ3v) is 5.05. The van der Waals surface area contributed by atoms with Gasteiger partial charge in [0.2, 0.25) is 11.8 Å². The summed E-state index contributed by atoms with van der Waals surface area (Å²) in [6.07, 6.45) is -0.474. The second-order valence-electron chi connectivity index (χ2n) is 7.03. The van der Waals surface area contributed by atoms with E-state index in [0.29, 0.717) is 31.9 Å². The van der Waals surface area contributed by atoms with Crippen molar-refractivity contribution >= 4 is 42.3 Å². The molecule has 3 rings (SSSR count). The van der Waals surface area contributed by atoms with Gasteiger partial charge in [-0.1, -0.05) is 6.07 Å². The van der Waals surface area contributed by atoms with Gasteiger partial charge in [-0.15, -0.1) is 24.8 Å². The first kappa shape index (κ1) is 25.5. The summed E-state index contributed by atoms with van der Waals surface area (Å²) in [5, 5.41) is 5.25. The molecule has 2 heterocycles. The summed E-state index contributed by atoms with van der Waals surface area (Å²) in [7, 11) is 0. The lowest BCUT2D eigenvalue weighted by atomic mass is 10.1. The molecule has 2 aliphatic rings. The van der Waals surface area contributed by atoms with Crippen LogP contribution in [-0.2, 0) is 9.59 Å². The van der Waals surface area contributed by atoms with Crippen molar-refractivity contribution in [3.63, 3.8) is 0 Å². The van der Waals surface area contributed by atoms with Gasteiger partial charge in [0.25, 0.3) is 5.92 Å². The lowest BCUT2D eigenvalue weighted by molar-refractivity contribution is -0.136. The predicted molar refractivity (Wildman–Crippen MR) is 108 cm³/mol. The van der Waals surface area contributed by atoms with Gasteiger partial charge in [0, 0.05) is 38.3 Å². The number of nitrogens with one attached hydrogen (secondary N) is 2. The Balaban J connectivity index is 0.00000210. The van der Waals surface area contributed by atoms with Crippen molar-refractivity contribution in [2.24, 2.45) is 0 Å². The van der Waals surface area contributed by atoms with Gasteiger partial charge in [-0.3, -0.25) is 19.8 Å². The largest absolute Gasteiger partial charge is 0.339 e. The Kier molecular flexibility index (Phi) is 9.20. The minimum absolute atomic E-state index is 0. The number of carbonyl (C=O) groups is 2. The van der Waals surface area contributed by atoms with E-state index in [9.17, 15) is 22.8 Å². The van der Waals surface area contributed by atoms with Crippen LogP contribution in [0.3, 0.4) is 0 Å². The summed E-state index contributed by atoms with van der Waals surface area (Å²) in [4.78, 5) is 28.2. The molecule has 2 aliphatic heterocycles. The third-order valence-electron chi connectivity index (χ3n) is 5.05. The lowest BCUT2D eigenvalue weighted by Gasteiger charge is -2.38. The highest BCUT2D eigenvalue weighted by molar-refractivity contribution is 5.94. The molecule has 0 aliphatic carbocycles. The third kappa shape index (κ3) is 6.47. The highest BCUT2D eigenvalue weighted by Crippen LogP contribution is 2.26. The molecule has 0 radical (unpaired) electrons. The Bertz CT molecular complexity index is 718. The zero-order chi connectivity index (χ0) is 19.6. The zero-order valence-electron chi connectivity index (χ0n) is 15.9. The van der Waals surface area contributed by atoms with Crippen molar-refractivity contribution in [2.75, 3.05) is 38.0 Å². The Hall–Kier alpha value is -1.55. The van der Waals surface area contributed by atoms with Crippen molar-refractivity contribution in [1.82, 2.24) is 15.1 Å². The lowest BCUT2D eigenvalue weighted by Crippen LogP contribution is -2.56. The Morgan fingerprint density at radius 2 is 1.86 bits per heavy atom. The summed E-state index contributed by atoms with van der Waals surface area (Å²) < 4.78 is 39.8. The Morgan fingerprint density at radius 1 is 1.21 bits per heavy atom. The molecule has 2 saturated heterocycles. The van der Waals surface area contributed by atoms with Crippen LogP contribution in [0.1, 0.15) is 13.3 Å². The van der Waals surface area contributed by atoms with E-state index in [1.54, 1.807) is 17.9 Å². The highest BCUT2D eigenvalue weighted by Gasteiger charge is 2.44. The van der Waals surface area contributed by atoms with Crippen molar-refractivity contribution < 1.29 is 22.8 Å². The fourth-order valence-electron chi connectivity index (χ4n) is 3.42. The summed E-state index contributed by atoms with van der Waals surface area (Å²) in [6.45, 7) is 2.95. The number of amides is 2. The molecule has 0 spiro atoms. The van der Waals surface area contributed by atoms with E-state index in [-0.39, 0.29) is 36.6 Å². The van der Waals surface area contributed by atoms with Gasteiger partial charge < -0.3 is 10.2 Å². The molecule has 11 heteroatoms. The second kappa shape index (κ2) is 10.5. The predicted octanol–water partition coefficient (Wildman–Crippen LogP) is 2.14. The SMILES string of the molecule is CC(C(=O)Nc1cccc(F)c1)N1CCN(C(=O)C2CC(F)(F)CN2)CC1.Cl.Cl. The van der Waals surface area contributed by atoms with Gasteiger partial charge in [0.1, 0.15) is 5.82 Å². The average molecular weight is 457 g/mol. The summed E-state index contributed by atoms with van der Waals surface area (Å²) in [5.74, 6) is -3.86. The number of rotatable bonds is 4. The summed E-state index contributed by atoms with van der Waals surface area (Å²) >= 11 is 0. The van der Waals surface area contributed by atoms with Crippen molar-refractivity contribution in [2.45, 2.75) is 31.4 Å². The molecule has 2 fully saturated rings. The standard InChI is InChI=1S/C18H23F3N4O2.2ClH/c1-12(16(26)23-14-4-2-3-13(19)9-14)24-5-7-25(8-6-24)17(27)15-10-18(20,21)11-22-15;;/h2-4,9,12,15,22H,5-8,10-11H2,1H3,(H,23,26);2*1H. The minimum Gasteiger partial charge on any atom is -0.339 e. The van der Waals surface area contributed by atoms with E-state index in [2.05, 4.69) is 10.6 Å². The maximum atomic E-state index is 13.3. The molecule has 1 aromatic rings. The van der Waals surface area contributed by atoms with Gasteiger partial charge >= 0.3 is 0 Å². The molecular formula is C18H25Cl2F3N4O2. The van der Waals surface area contributed by atoms with Crippen molar-refractivity contribution in [3.05, 3.63) is 30.1 Å². The highest BCUT2D eigenvalue weighted by atomic mass is 35.5. The van der Waals surface area contributed by atoms with Crippen LogP contribution in [0.2, 0.25) is 0 Å². The molecule has 29 heavy (non-hydrogen) atoms. The van der Waals surface area contributed by atoms with Crippen molar-refractivity contribution in [3.8, 4) is 0 Å². The first-order valence-corrected chi connectivity index (χ1v) is 8.96. The van der Waals surface area contributed by atoms with E-state index >= 15 is 0 Å². The molecule has 2 amide bonds. The molecule has 0 saturated carbocycles. The molecule has 2 unspecified atom stereocenters. The molecular weight excluding hydrogens is 432 g/mol. The van der Waals surface area contributed by atoms with E-state index in [0.717, 1.165) is 0 Å². The van der Waals surface area contributed by atoms with E-state index in [1.165, 1.54) is 18.2 Å². The number of anilines is 1. The number of hydrogen-bond donors (Lipinski definition) is 2. The minimum atomic E-state index is -2.84. The Morgan fingerprint density at radius 3 is 2.41 bits per heavy atom. The van der Waals surface area contributed by atoms with E-state index in [4.69, 9.17) is 0 Å². The van der Waals surface area contributed by atoms with Gasteiger partial charge in [-0.2, -0.15) is 0 Å². The smallest absolute Gasteiger partial charge is 0.262 e.